The maximum atomic E-state index is 14.3. The summed E-state index contributed by atoms with van der Waals surface area (Å²) >= 11 is 0. The van der Waals surface area contributed by atoms with Gasteiger partial charge in [-0.15, -0.1) is 0 Å². The Morgan fingerprint density at radius 3 is 2.87 bits per heavy atom. The summed E-state index contributed by atoms with van der Waals surface area (Å²) in [6, 6.07) is 4.54. The van der Waals surface area contributed by atoms with Gasteiger partial charge in [0.1, 0.15) is 5.82 Å². The molecule has 2 aromatic rings. The van der Waals surface area contributed by atoms with Crippen LogP contribution in [0.3, 0.4) is 0 Å². The number of hydrogen-bond donors (Lipinski definition) is 1. The average molecular weight is 341 g/mol. The van der Waals surface area contributed by atoms with E-state index < -0.39 is 28.0 Å². The van der Waals surface area contributed by atoms with Crippen LogP contribution in [0, 0.1) is 5.82 Å². The van der Waals surface area contributed by atoms with Crippen molar-refractivity contribution in [2.45, 2.75) is 31.9 Å². The highest BCUT2D eigenvalue weighted by Gasteiger charge is 2.29. The van der Waals surface area contributed by atoms with Crippen molar-refractivity contribution >= 4 is 27.0 Å². The van der Waals surface area contributed by atoms with Crippen molar-refractivity contribution < 1.29 is 26.9 Å². The van der Waals surface area contributed by atoms with Gasteiger partial charge < -0.3 is 9.67 Å². The molecule has 0 bridgehead atoms. The van der Waals surface area contributed by atoms with Crippen molar-refractivity contribution in [3.63, 3.8) is 0 Å². The molecule has 0 spiro atoms. The highest BCUT2D eigenvalue weighted by atomic mass is 32.2. The van der Waals surface area contributed by atoms with Crippen molar-refractivity contribution in [1.82, 2.24) is 4.57 Å². The second-order valence-corrected chi connectivity index (χ2v) is 7.30. The minimum Gasteiger partial charge on any atom is -0.481 e. The van der Waals surface area contributed by atoms with E-state index >= 15 is 0 Å². The van der Waals surface area contributed by atoms with E-state index in [1.807, 2.05) is 0 Å². The fourth-order valence-electron chi connectivity index (χ4n) is 3.24. The number of carbonyl (C=O) groups is 1. The number of rotatable bonds is 4. The van der Waals surface area contributed by atoms with Gasteiger partial charge in [-0.3, -0.25) is 8.98 Å². The third-order valence-corrected chi connectivity index (χ3v) is 4.61. The topological polar surface area (TPSA) is 85.6 Å². The van der Waals surface area contributed by atoms with Crippen LogP contribution < -0.4 is 0 Å². The van der Waals surface area contributed by atoms with Gasteiger partial charge in [0.05, 0.1) is 30.8 Å². The van der Waals surface area contributed by atoms with Gasteiger partial charge in [-0.25, -0.2) is 4.39 Å². The molecule has 6 nitrogen and oxygen atoms in total. The van der Waals surface area contributed by atoms with Crippen LogP contribution in [0.25, 0.3) is 10.9 Å². The zero-order chi connectivity index (χ0) is 16.8. The van der Waals surface area contributed by atoms with E-state index in [9.17, 15) is 17.6 Å². The molecular formula is C15H16FNO5S. The van der Waals surface area contributed by atoms with Gasteiger partial charge in [-0.05, 0) is 24.5 Å². The Kier molecular flexibility index (Phi) is 3.89. The summed E-state index contributed by atoms with van der Waals surface area (Å²) in [6.07, 6.45) is 1.09. The first-order chi connectivity index (χ1) is 10.8. The molecule has 1 aromatic carbocycles. The Morgan fingerprint density at radius 2 is 2.22 bits per heavy atom. The predicted octanol–water partition coefficient (Wildman–Crippen LogP) is 1.70. The number of hydrogen-bond acceptors (Lipinski definition) is 4. The first-order valence-electron chi connectivity index (χ1n) is 7.15. The minimum absolute atomic E-state index is 0.180. The largest absolute Gasteiger partial charge is 0.481 e. The summed E-state index contributed by atoms with van der Waals surface area (Å²) < 4.78 is 43.6. The van der Waals surface area contributed by atoms with Crippen LogP contribution in [0.5, 0.6) is 0 Å². The maximum absolute atomic E-state index is 14.3. The summed E-state index contributed by atoms with van der Waals surface area (Å²) in [6.45, 7) is 0.180. The zero-order valence-electron chi connectivity index (χ0n) is 12.5. The van der Waals surface area contributed by atoms with Gasteiger partial charge in [0.15, 0.2) is 0 Å². The van der Waals surface area contributed by atoms with Gasteiger partial charge in [0.25, 0.3) is 10.1 Å². The summed E-state index contributed by atoms with van der Waals surface area (Å²) in [7, 11) is -3.60. The van der Waals surface area contributed by atoms with Crippen LogP contribution in [-0.2, 0) is 38.5 Å². The van der Waals surface area contributed by atoms with Crippen LogP contribution in [0.2, 0.25) is 0 Å². The molecule has 0 amide bonds. The monoisotopic (exact) mass is 341 g/mol. The molecule has 2 heterocycles. The average Bonchev–Trinajstić information content (AvgIpc) is 2.72. The molecule has 1 N–H and O–H groups in total. The number of halogens is 1. The molecule has 124 valence electrons. The molecule has 1 aromatic heterocycles. The Morgan fingerprint density at radius 1 is 1.48 bits per heavy atom. The molecule has 23 heavy (non-hydrogen) atoms. The Balaban J connectivity index is 2.12. The van der Waals surface area contributed by atoms with E-state index in [0.29, 0.717) is 29.3 Å². The fraction of sp³-hybridized carbons (Fsp3) is 0.400. The summed E-state index contributed by atoms with van der Waals surface area (Å²) in [5, 5.41) is 9.67. The highest BCUT2D eigenvalue weighted by Crippen LogP contribution is 2.33. The Bertz CT molecular complexity index is 887. The maximum Gasteiger partial charge on any atom is 0.307 e. The number of carboxylic acids is 1. The quantitative estimate of drug-likeness (QED) is 0.856. The van der Waals surface area contributed by atoms with Crippen molar-refractivity contribution in [2.75, 3.05) is 6.26 Å². The fourth-order valence-corrected chi connectivity index (χ4v) is 3.89. The molecule has 0 radical (unpaired) electrons. The first-order valence-corrected chi connectivity index (χ1v) is 8.96. The number of carboxylic acid groups (broad SMARTS) is 1. The highest BCUT2D eigenvalue weighted by molar-refractivity contribution is 7.86. The molecule has 8 heteroatoms. The van der Waals surface area contributed by atoms with Gasteiger partial charge in [0.2, 0.25) is 0 Å². The van der Waals surface area contributed by atoms with Gasteiger partial charge in [-0.2, -0.15) is 8.42 Å². The molecule has 0 saturated carbocycles. The number of aliphatic carboxylic acids is 1. The first kappa shape index (κ1) is 15.9. The van der Waals surface area contributed by atoms with E-state index in [0.717, 1.165) is 11.9 Å². The van der Waals surface area contributed by atoms with Crippen LogP contribution in [-0.4, -0.2) is 36.4 Å². The molecule has 3 rings (SSSR count). The third kappa shape index (κ3) is 3.09. The van der Waals surface area contributed by atoms with E-state index in [1.165, 1.54) is 6.07 Å². The van der Waals surface area contributed by atoms with Crippen LogP contribution in [0.1, 0.15) is 17.7 Å². The van der Waals surface area contributed by atoms with Crippen LogP contribution in [0.15, 0.2) is 18.2 Å². The van der Waals surface area contributed by atoms with Crippen LogP contribution in [0.4, 0.5) is 4.39 Å². The lowest BCUT2D eigenvalue weighted by Gasteiger charge is -2.25. The number of benzene rings is 1. The third-order valence-electron chi connectivity index (χ3n) is 3.98. The number of nitrogens with zero attached hydrogens (tertiary/aromatic N) is 1. The summed E-state index contributed by atoms with van der Waals surface area (Å²) in [5.41, 5.74) is 1.63. The van der Waals surface area contributed by atoms with Crippen molar-refractivity contribution in [2.24, 2.45) is 0 Å². The molecule has 1 aliphatic heterocycles. The number of fused-ring (bicyclic) bond motifs is 3. The molecule has 1 unspecified atom stereocenters. The van der Waals surface area contributed by atoms with Crippen molar-refractivity contribution in [3.8, 4) is 0 Å². The van der Waals surface area contributed by atoms with Crippen molar-refractivity contribution in [3.05, 3.63) is 35.3 Å². The van der Waals surface area contributed by atoms with E-state index in [2.05, 4.69) is 0 Å². The molecule has 1 atom stereocenters. The molecule has 1 aliphatic rings. The minimum atomic E-state index is -3.60. The lowest BCUT2D eigenvalue weighted by Crippen LogP contribution is -2.29. The second kappa shape index (κ2) is 5.61. The standard InChI is InChI=1S/C15H16FNO5S/c1-23(20,21)22-9-5-6-13-11(7-14(18)19)10-3-2-4-12(16)15(10)17(13)8-9/h2-4,9H,5-8H2,1H3,(H,18,19). The van der Waals surface area contributed by atoms with Gasteiger partial charge in [-0.1, -0.05) is 12.1 Å². The zero-order valence-corrected chi connectivity index (χ0v) is 13.3. The van der Waals surface area contributed by atoms with E-state index in [1.54, 1.807) is 16.7 Å². The number of aromatic nitrogens is 1. The molecule has 0 saturated heterocycles. The van der Waals surface area contributed by atoms with E-state index in [4.69, 9.17) is 9.29 Å². The van der Waals surface area contributed by atoms with E-state index in [-0.39, 0.29) is 13.0 Å². The normalized spacial score (nSPS) is 18.1. The smallest absolute Gasteiger partial charge is 0.307 e. The molecular weight excluding hydrogens is 325 g/mol. The summed E-state index contributed by atoms with van der Waals surface area (Å²) in [4.78, 5) is 11.1. The SMILES string of the molecule is CS(=O)(=O)OC1CCc2c(CC(=O)O)c3cccc(F)c3n2C1. The molecule has 0 fully saturated rings. The summed E-state index contributed by atoms with van der Waals surface area (Å²) in [5.74, 6) is -1.44. The van der Waals surface area contributed by atoms with Crippen LogP contribution >= 0.6 is 0 Å². The lowest BCUT2D eigenvalue weighted by atomic mass is 10.0. The van der Waals surface area contributed by atoms with Crippen molar-refractivity contribution in [1.29, 1.82) is 0 Å². The predicted molar refractivity (Wildman–Crippen MR) is 81.3 cm³/mol. The van der Waals surface area contributed by atoms with Gasteiger partial charge in [0, 0.05) is 11.1 Å². The second-order valence-electron chi connectivity index (χ2n) is 5.70. The Hall–Kier alpha value is -1.93. The van der Waals surface area contributed by atoms with Gasteiger partial charge >= 0.3 is 5.97 Å². The molecule has 0 aliphatic carbocycles. The number of para-hydroxylation sites is 1. The Labute approximate surface area is 132 Å². The lowest BCUT2D eigenvalue weighted by molar-refractivity contribution is -0.136.